The molecule has 1 aromatic carbocycles. The molecule has 2 aliphatic rings. The van der Waals surface area contributed by atoms with Crippen LogP contribution in [0.2, 0.25) is 5.02 Å². The first-order valence-corrected chi connectivity index (χ1v) is 9.66. The van der Waals surface area contributed by atoms with Gasteiger partial charge in [-0.3, -0.25) is 14.5 Å². The highest BCUT2D eigenvalue weighted by Gasteiger charge is 2.32. The molecule has 0 radical (unpaired) electrons. The second-order valence-corrected chi connectivity index (χ2v) is 7.54. The van der Waals surface area contributed by atoms with E-state index >= 15 is 0 Å². The van der Waals surface area contributed by atoms with E-state index < -0.39 is 11.9 Å². The minimum atomic E-state index is -0.536. The predicted octanol–water partition coefficient (Wildman–Crippen LogP) is 2.62. The van der Waals surface area contributed by atoms with Crippen LogP contribution in [0.1, 0.15) is 44.1 Å². The van der Waals surface area contributed by atoms with Crippen molar-refractivity contribution < 1.29 is 14.0 Å². The number of carbonyl (C=O) groups is 2. The fourth-order valence-electron chi connectivity index (χ4n) is 3.75. The van der Waals surface area contributed by atoms with E-state index in [0.717, 1.165) is 31.2 Å². The number of rotatable bonds is 5. The van der Waals surface area contributed by atoms with Crippen molar-refractivity contribution in [1.29, 1.82) is 0 Å². The Hall–Kier alpha value is -1.66. The molecule has 2 fully saturated rings. The third kappa shape index (κ3) is 4.95. The van der Waals surface area contributed by atoms with E-state index in [4.69, 9.17) is 11.6 Å². The summed E-state index contributed by atoms with van der Waals surface area (Å²) in [6.45, 7) is 1.55. The summed E-state index contributed by atoms with van der Waals surface area (Å²) in [5, 5.41) is 5.96. The van der Waals surface area contributed by atoms with Gasteiger partial charge in [0.25, 0.3) is 0 Å². The van der Waals surface area contributed by atoms with Crippen LogP contribution in [0.15, 0.2) is 18.2 Å². The molecule has 26 heavy (non-hydrogen) atoms. The summed E-state index contributed by atoms with van der Waals surface area (Å²) in [5.74, 6) is -0.715. The fourth-order valence-corrected chi connectivity index (χ4v) is 3.87. The largest absolute Gasteiger partial charge is 0.353 e. The quantitative estimate of drug-likeness (QED) is 0.824. The maximum atomic E-state index is 13.7. The van der Waals surface area contributed by atoms with E-state index in [2.05, 4.69) is 10.6 Å². The first-order valence-electron chi connectivity index (χ1n) is 9.28. The molecule has 1 saturated heterocycles. The summed E-state index contributed by atoms with van der Waals surface area (Å²) in [6, 6.07) is 4.33. The van der Waals surface area contributed by atoms with Crippen molar-refractivity contribution in [1.82, 2.24) is 15.5 Å². The molecule has 0 bridgehead atoms. The maximum absolute atomic E-state index is 13.7. The second-order valence-electron chi connectivity index (χ2n) is 7.13. The lowest BCUT2D eigenvalue weighted by Crippen LogP contribution is -2.56. The van der Waals surface area contributed by atoms with Gasteiger partial charge in [0, 0.05) is 25.7 Å². The molecule has 1 aromatic rings. The van der Waals surface area contributed by atoms with Gasteiger partial charge in [-0.05, 0) is 30.5 Å². The molecule has 1 aliphatic carbocycles. The molecule has 3 rings (SSSR count). The number of nitrogens with one attached hydrogen (secondary N) is 2. The van der Waals surface area contributed by atoms with Crippen molar-refractivity contribution in [2.45, 2.75) is 57.2 Å². The van der Waals surface area contributed by atoms with Gasteiger partial charge in [-0.25, -0.2) is 4.39 Å². The van der Waals surface area contributed by atoms with Crippen LogP contribution in [0, 0.1) is 5.82 Å². The topological polar surface area (TPSA) is 61.4 Å². The van der Waals surface area contributed by atoms with Crippen molar-refractivity contribution in [3.63, 3.8) is 0 Å². The molecule has 1 aliphatic heterocycles. The van der Waals surface area contributed by atoms with Crippen molar-refractivity contribution in [2.24, 2.45) is 0 Å². The summed E-state index contributed by atoms with van der Waals surface area (Å²) >= 11 is 5.73. The minimum absolute atomic E-state index is 0.0774. The van der Waals surface area contributed by atoms with Crippen LogP contribution in [-0.2, 0) is 16.1 Å². The molecule has 1 unspecified atom stereocenters. The third-order valence-electron chi connectivity index (χ3n) is 5.16. The van der Waals surface area contributed by atoms with Gasteiger partial charge < -0.3 is 10.6 Å². The smallest absolute Gasteiger partial charge is 0.237 e. The van der Waals surface area contributed by atoms with Crippen LogP contribution in [0.5, 0.6) is 0 Å². The zero-order chi connectivity index (χ0) is 18.5. The molecule has 1 saturated carbocycles. The normalized spacial score (nSPS) is 22.1. The molecule has 142 valence electrons. The van der Waals surface area contributed by atoms with E-state index in [1.165, 1.54) is 18.6 Å². The average molecular weight is 382 g/mol. The maximum Gasteiger partial charge on any atom is 0.237 e. The molecular formula is C19H25ClFN3O2. The molecular weight excluding hydrogens is 357 g/mol. The zero-order valence-electron chi connectivity index (χ0n) is 14.8. The van der Waals surface area contributed by atoms with Crippen molar-refractivity contribution in [3.8, 4) is 0 Å². The van der Waals surface area contributed by atoms with Crippen LogP contribution in [0.25, 0.3) is 0 Å². The fraction of sp³-hybridized carbons (Fsp3) is 0.579. The SMILES string of the molecule is O=C(CC1C(=O)NCCN1Cc1ccc(Cl)c(F)c1)NC1CCCCC1. The molecule has 0 spiro atoms. The van der Waals surface area contributed by atoms with Gasteiger partial charge in [0.2, 0.25) is 11.8 Å². The van der Waals surface area contributed by atoms with E-state index in [1.54, 1.807) is 6.07 Å². The third-order valence-corrected chi connectivity index (χ3v) is 5.47. The van der Waals surface area contributed by atoms with Gasteiger partial charge in [-0.1, -0.05) is 36.9 Å². The number of nitrogens with zero attached hydrogens (tertiary/aromatic N) is 1. The van der Waals surface area contributed by atoms with E-state index in [9.17, 15) is 14.0 Å². The van der Waals surface area contributed by atoms with Crippen LogP contribution in [0.3, 0.4) is 0 Å². The Balaban J connectivity index is 1.62. The number of halogens is 2. The van der Waals surface area contributed by atoms with Crippen LogP contribution in [0.4, 0.5) is 4.39 Å². The van der Waals surface area contributed by atoms with Crippen molar-refractivity contribution >= 4 is 23.4 Å². The Morgan fingerprint density at radius 1 is 1.31 bits per heavy atom. The molecule has 1 atom stereocenters. The van der Waals surface area contributed by atoms with Gasteiger partial charge in [0.15, 0.2) is 0 Å². The number of hydrogen-bond donors (Lipinski definition) is 2. The molecule has 1 heterocycles. The highest BCUT2D eigenvalue weighted by Crippen LogP contribution is 2.20. The molecule has 0 aromatic heterocycles. The van der Waals surface area contributed by atoms with E-state index in [0.29, 0.717) is 19.6 Å². The van der Waals surface area contributed by atoms with Crippen molar-refractivity contribution in [2.75, 3.05) is 13.1 Å². The van der Waals surface area contributed by atoms with Crippen molar-refractivity contribution in [3.05, 3.63) is 34.6 Å². The van der Waals surface area contributed by atoms with Crippen LogP contribution < -0.4 is 10.6 Å². The summed E-state index contributed by atoms with van der Waals surface area (Å²) in [6.07, 6.45) is 5.65. The number of piperazine rings is 1. The highest BCUT2D eigenvalue weighted by atomic mass is 35.5. The Labute approximate surface area is 158 Å². The van der Waals surface area contributed by atoms with Crippen LogP contribution >= 0.6 is 11.6 Å². The lowest BCUT2D eigenvalue weighted by atomic mass is 9.95. The highest BCUT2D eigenvalue weighted by molar-refractivity contribution is 6.30. The lowest BCUT2D eigenvalue weighted by Gasteiger charge is -2.35. The number of benzene rings is 1. The van der Waals surface area contributed by atoms with Gasteiger partial charge >= 0.3 is 0 Å². The summed E-state index contributed by atoms with van der Waals surface area (Å²) in [4.78, 5) is 26.7. The molecule has 2 N–H and O–H groups in total. The first kappa shape index (κ1) is 19.1. The Kier molecular flexibility index (Phi) is 6.48. The summed E-state index contributed by atoms with van der Waals surface area (Å²) in [7, 11) is 0. The van der Waals surface area contributed by atoms with E-state index in [1.807, 2.05) is 4.90 Å². The number of carbonyl (C=O) groups excluding carboxylic acids is 2. The van der Waals surface area contributed by atoms with Gasteiger partial charge in [-0.15, -0.1) is 0 Å². The Morgan fingerprint density at radius 3 is 2.81 bits per heavy atom. The zero-order valence-corrected chi connectivity index (χ0v) is 15.5. The standard InChI is InChI=1S/C19H25ClFN3O2/c20-15-7-6-13(10-16(15)21)12-24-9-8-22-19(26)17(24)11-18(25)23-14-4-2-1-3-5-14/h6-7,10,14,17H,1-5,8-9,11-12H2,(H,22,26)(H,23,25). The number of hydrogen-bond acceptors (Lipinski definition) is 3. The second kappa shape index (κ2) is 8.82. The Morgan fingerprint density at radius 2 is 2.08 bits per heavy atom. The molecule has 7 heteroatoms. The average Bonchev–Trinajstić information content (AvgIpc) is 2.62. The molecule has 2 amide bonds. The van der Waals surface area contributed by atoms with E-state index in [-0.39, 0.29) is 29.3 Å². The summed E-state index contributed by atoms with van der Waals surface area (Å²) < 4.78 is 13.7. The predicted molar refractivity (Wildman–Crippen MR) is 98.3 cm³/mol. The van der Waals surface area contributed by atoms with Gasteiger partial charge in [0.05, 0.1) is 17.5 Å². The van der Waals surface area contributed by atoms with Gasteiger partial charge in [0.1, 0.15) is 5.82 Å². The first-order chi connectivity index (χ1) is 12.5. The lowest BCUT2D eigenvalue weighted by molar-refractivity contribution is -0.134. The Bertz CT molecular complexity index is 664. The van der Waals surface area contributed by atoms with Crippen LogP contribution in [-0.4, -0.2) is 41.9 Å². The van der Waals surface area contributed by atoms with Gasteiger partial charge in [-0.2, -0.15) is 0 Å². The minimum Gasteiger partial charge on any atom is -0.353 e. The summed E-state index contributed by atoms with van der Waals surface area (Å²) in [5.41, 5.74) is 0.735. The molecule has 5 nitrogen and oxygen atoms in total. The monoisotopic (exact) mass is 381 g/mol. The number of amides is 2.